The molecule has 0 saturated carbocycles. The summed E-state index contributed by atoms with van der Waals surface area (Å²) in [6.45, 7) is 13.0. The van der Waals surface area contributed by atoms with E-state index in [1.54, 1.807) is 72.8 Å². The smallest absolute Gasteiger partial charge is 0.396 e. The molecule has 0 saturated heterocycles. The molecule has 0 spiro atoms. The van der Waals surface area contributed by atoms with E-state index in [1.165, 1.54) is 31.0 Å². The Morgan fingerprint density at radius 1 is 0.643 bits per heavy atom. The number of ketones is 2. The van der Waals surface area contributed by atoms with E-state index in [4.69, 9.17) is 17.6 Å². The number of benzene rings is 4. The van der Waals surface area contributed by atoms with Gasteiger partial charge in [-0.3, -0.25) is 23.7 Å². The van der Waals surface area contributed by atoms with Crippen LogP contribution in [0.3, 0.4) is 0 Å². The van der Waals surface area contributed by atoms with Gasteiger partial charge in [0.25, 0.3) is 11.8 Å². The van der Waals surface area contributed by atoms with Gasteiger partial charge in [-0.1, -0.05) is 70.8 Å². The standard InChI is InChI=1S/C53H55N15O8S4.O3S/c1-7-67(8-2)36-21-23-41(63-65-51-54-31-38(78-51)29-39(32(5)70)46(72)55-34-17-13-11-14-18-34)43(27-36)57-49-60-50(62-52(61-49)77-26-25-69)58-44-28-37(68(9-3)10-4)22-24-42(44)64-66-53-59-48(80(74,75)76)45(79-53)30-40(33(6)71)47(73)56-35-19-15-12-16-20-35;1-4(2)3/h11-24,27-31,69H,7-10,25-26H2,1-6H3,(H,55,72)(H,56,73)(H,74,75,76)(H2,57,58,60,61,62);/b39-29+,40-30-,65-63?,66-64?;. The Labute approximate surface area is 496 Å². The van der Waals surface area contributed by atoms with Crippen molar-refractivity contribution in [3.8, 4) is 0 Å². The molecule has 438 valence electrons. The highest BCUT2D eigenvalue weighted by Crippen LogP contribution is 2.38. The minimum Gasteiger partial charge on any atom is -0.396 e. The molecule has 6 N–H and O–H groups in total. The zero-order valence-corrected chi connectivity index (χ0v) is 49.8. The maximum Gasteiger partial charge on any atom is 0.425 e. The Hall–Kier alpha value is -8.85. The average Bonchev–Trinajstić information content (AvgIpc) is 4.17. The van der Waals surface area contributed by atoms with Crippen LogP contribution in [0.4, 0.5) is 67.7 Å². The van der Waals surface area contributed by atoms with Crippen LogP contribution in [0.5, 0.6) is 0 Å². The average molecular weight is 1240 g/mol. The van der Waals surface area contributed by atoms with Gasteiger partial charge in [0.1, 0.15) is 11.4 Å². The van der Waals surface area contributed by atoms with Gasteiger partial charge in [0.15, 0.2) is 16.7 Å². The van der Waals surface area contributed by atoms with Gasteiger partial charge in [-0.15, -0.1) is 33.1 Å². The minimum absolute atomic E-state index is 0.0470. The second-order valence-electron chi connectivity index (χ2n) is 17.0. The van der Waals surface area contributed by atoms with Gasteiger partial charge in [0.05, 0.1) is 38.9 Å². The molecule has 0 aliphatic carbocycles. The highest BCUT2D eigenvalue weighted by Gasteiger charge is 2.25. The van der Waals surface area contributed by atoms with Gasteiger partial charge in [-0.25, -0.2) is 9.97 Å². The molecule has 2 amide bonds. The van der Waals surface area contributed by atoms with Crippen LogP contribution < -0.4 is 31.1 Å². The van der Waals surface area contributed by atoms with Crippen LogP contribution in [-0.2, 0) is 39.9 Å². The monoisotopic (exact) mass is 1240 g/mol. The van der Waals surface area contributed by atoms with Crippen LogP contribution in [0.15, 0.2) is 145 Å². The molecule has 7 rings (SSSR count). The number of Topliss-reactive ketones (excluding diaryl/α,β-unsaturated/α-hetero) is 2. The summed E-state index contributed by atoms with van der Waals surface area (Å²) in [5, 5.41) is 38.8. The number of hydrogen-bond donors (Lipinski definition) is 6. The molecule has 0 atom stereocenters. The summed E-state index contributed by atoms with van der Waals surface area (Å²) in [6.07, 6.45) is 3.97. The van der Waals surface area contributed by atoms with Crippen LogP contribution in [0, 0.1) is 0 Å². The van der Waals surface area contributed by atoms with Crippen molar-refractivity contribution >= 4 is 158 Å². The quantitative estimate of drug-likeness (QED) is 0.00732. The molecule has 4 aromatic carbocycles. The topological polar surface area (TPSA) is 363 Å². The lowest BCUT2D eigenvalue weighted by Crippen LogP contribution is -2.21. The molecular weight excluding hydrogens is 1180 g/mol. The van der Waals surface area contributed by atoms with Gasteiger partial charge in [-0.2, -0.15) is 23.4 Å². The van der Waals surface area contributed by atoms with Crippen LogP contribution in [-0.4, -0.2) is 118 Å². The van der Waals surface area contributed by atoms with Gasteiger partial charge in [0.2, 0.25) is 27.2 Å². The molecule has 0 unspecified atom stereocenters. The fraction of sp³-hybridized carbons (Fsp3) is 0.226. The number of carbonyl (C=O) groups is 4. The van der Waals surface area contributed by atoms with E-state index >= 15 is 0 Å². The fourth-order valence-electron chi connectivity index (χ4n) is 7.48. The molecule has 26 nitrogen and oxygen atoms in total. The van der Waals surface area contributed by atoms with E-state index in [-0.39, 0.29) is 55.8 Å². The predicted octanol–water partition coefficient (Wildman–Crippen LogP) is 10.3. The van der Waals surface area contributed by atoms with Crippen molar-refractivity contribution < 1.29 is 49.9 Å². The number of thioether (sulfide) groups is 1. The summed E-state index contributed by atoms with van der Waals surface area (Å²) in [7, 11) is -8.11. The first kappa shape index (κ1) is 64.3. The number of azo groups is 2. The summed E-state index contributed by atoms with van der Waals surface area (Å²) in [4.78, 5) is 78.6. The van der Waals surface area contributed by atoms with Crippen LogP contribution >= 0.6 is 34.4 Å². The summed E-state index contributed by atoms with van der Waals surface area (Å²) in [6, 6.07) is 28.0. The lowest BCUT2D eigenvalue weighted by Gasteiger charge is -2.22. The number of thiazole rings is 2. The molecule has 3 heterocycles. The predicted molar refractivity (Wildman–Crippen MR) is 324 cm³/mol. The van der Waals surface area contributed by atoms with Crippen LogP contribution in [0.1, 0.15) is 51.3 Å². The van der Waals surface area contributed by atoms with Crippen LogP contribution in [0.2, 0.25) is 0 Å². The maximum atomic E-state index is 13.2. The third kappa shape index (κ3) is 18.8. The van der Waals surface area contributed by atoms with E-state index in [1.807, 2.05) is 52.0 Å². The van der Waals surface area contributed by atoms with E-state index in [0.717, 1.165) is 35.7 Å². The first-order valence-electron chi connectivity index (χ1n) is 25.3. The van der Waals surface area contributed by atoms with Gasteiger partial charge >= 0.3 is 20.7 Å². The number of aliphatic hydroxyl groups is 1. The zero-order chi connectivity index (χ0) is 60.9. The summed E-state index contributed by atoms with van der Waals surface area (Å²) in [5.74, 6) is -2.12. The fourth-order valence-corrected chi connectivity index (χ4v) is 10.5. The Morgan fingerprint density at radius 3 is 1.55 bits per heavy atom. The zero-order valence-electron chi connectivity index (χ0n) is 45.7. The third-order valence-electron chi connectivity index (χ3n) is 11.4. The number of hydrogen-bond acceptors (Lipinski definition) is 26. The van der Waals surface area contributed by atoms with Crippen molar-refractivity contribution in [3.63, 3.8) is 0 Å². The summed E-state index contributed by atoms with van der Waals surface area (Å²) in [5.41, 5.74) is 3.50. The molecule has 0 radical (unpaired) electrons. The third-order valence-corrected chi connectivity index (χ3v) is 14.8. The molecule has 0 fully saturated rings. The largest absolute Gasteiger partial charge is 0.425 e. The number of amides is 2. The number of aromatic nitrogens is 5. The number of anilines is 8. The van der Waals surface area contributed by atoms with Gasteiger partial charge < -0.3 is 36.2 Å². The SMILES string of the molecule is CCN(CC)c1ccc(N=Nc2ncc(/C=C(\C(C)=O)C(=O)Nc3ccccc3)s2)c(Nc2nc(Nc3cc(N(CC)CC)ccc3N=Nc3nc(S(=O)(=O)O)c(/C=C(/C(C)=O)C(=O)Nc4ccccc4)s3)nc(SCCO)n2)c1.O=S(=O)=O. The number of rotatable bonds is 26. The van der Waals surface area contributed by atoms with E-state index in [9.17, 15) is 37.3 Å². The highest BCUT2D eigenvalue weighted by molar-refractivity contribution is 7.99. The van der Waals surface area contributed by atoms with Crippen molar-refractivity contribution in [2.45, 2.75) is 51.7 Å². The lowest BCUT2D eigenvalue weighted by atomic mass is 10.1. The molecule has 0 aliphatic rings. The minimum atomic E-state index is -5.00. The Balaban J connectivity index is 0.00000274. The Kier molecular flexibility index (Phi) is 23.7. The number of para-hydroxylation sites is 2. The highest BCUT2D eigenvalue weighted by atomic mass is 32.2. The summed E-state index contributed by atoms with van der Waals surface area (Å²) < 4.78 is 60.8. The molecule has 31 heteroatoms. The molecule has 3 aromatic heterocycles. The first-order valence-corrected chi connectivity index (χ1v) is 30.3. The molecule has 0 bridgehead atoms. The number of nitrogens with one attached hydrogen (secondary N) is 4. The van der Waals surface area contributed by atoms with Crippen molar-refractivity contribution in [1.82, 2.24) is 24.9 Å². The number of aliphatic hydroxyl groups excluding tert-OH is 1. The van der Waals surface area contributed by atoms with Crippen molar-refractivity contribution in [1.29, 1.82) is 0 Å². The van der Waals surface area contributed by atoms with Crippen LogP contribution in [0.25, 0.3) is 12.2 Å². The van der Waals surface area contributed by atoms with Crippen molar-refractivity contribution in [2.24, 2.45) is 20.5 Å². The molecule has 7 aromatic rings. The van der Waals surface area contributed by atoms with Gasteiger partial charge in [-0.05, 0) is 114 Å². The molecule has 84 heavy (non-hydrogen) atoms. The maximum absolute atomic E-state index is 13.2. The Bertz CT molecular complexity index is 3850. The molecule has 0 aliphatic heterocycles. The van der Waals surface area contributed by atoms with E-state index in [0.29, 0.717) is 70.8 Å². The van der Waals surface area contributed by atoms with Gasteiger partial charge in [0, 0.05) is 60.9 Å². The lowest BCUT2D eigenvalue weighted by molar-refractivity contribution is -0.120. The Morgan fingerprint density at radius 2 is 1.11 bits per heavy atom. The number of carbonyl (C=O) groups excluding carboxylic acids is 4. The van der Waals surface area contributed by atoms with E-state index < -0.39 is 54.7 Å². The summed E-state index contributed by atoms with van der Waals surface area (Å²) >= 11 is 2.96. The second-order valence-corrected chi connectivity index (χ2v) is 21.9. The molecular formula is C53H55N15O11S5. The first-order chi connectivity index (χ1) is 40.2. The van der Waals surface area contributed by atoms with E-state index in [2.05, 4.69) is 71.5 Å². The normalized spacial score (nSPS) is 11.7. The number of nitrogens with zero attached hydrogens (tertiary/aromatic N) is 11. The van der Waals surface area contributed by atoms with Crippen molar-refractivity contribution in [2.75, 3.05) is 69.6 Å². The van der Waals surface area contributed by atoms with Crippen molar-refractivity contribution in [3.05, 3.63) is 124 Å². The second kappa shape index (κ2) is 31.0.